The second kappa shape index (κ2) is 13.0. The summed E-state index contributed by atoms with van der Waals surface area (Å²) in [7, 11) is 1.52. The number of hydrogen-bond donors (Lipinski definition) is 1. The molecule has 0 fully saturated rings. The number of ether oxygens (including phenoxy) is 3. The van der Waals surface area contributed by atoms with Crippen LogP contribution in [0.5, 0.6) is 11.5 Å². The van der Waals surface area contributed by atoms with E-state index >= 15 is 0 Å². The average molecular weight is 617 g/mol. The van der Waals surface area contributed by atoms with Crippen LogP contribution in [-0.2, 0) is 16.1 Å². The Kier molecular flexibility index (Phi) is 9.73. The van der Waals surface area contributed by atoms with Crippen LogP contribution in [0, 0.1) is 14.9 Å². The molecule has 1 N–H and O–H groups in total. The van der Waals surface area contributed by atoms with Crippen LogP contribution in [0.25, 0.3) is 6.08 Å². The van der Waals surface area contributed by atoms with Crippen molar-refractivity contribution in [2.75, 3.05) is 19.0 Å². The van der Waals surface area contributed by atoms with Gasteiger partial charge in [-0.05, 0) is 95.2 Å². The van der Waals surface area contributed by atoms with E-state index in [0.29, 0.717) is 39.9 Å². The van der Waals surface area contributed by atoms with Crippen molar-refractivity contribution in [3.05, 3.63) is 91.5 Å². The highest BCUT2D eigenvalue weighted by molar-refractivity contribution is 14.1. The zero-order valence-electron chi connectivity index (χ0n) is 19.5. The molecule has 0 spiro atoms. The van der Waals surface area contributed by atoms with E-state index in [2.05, 4.69) is 27.9 Å². The lowest BCUT2D eigenvalue weighted by Crippen LogP contribution is -2.13. The van der Waals surface area contributed by atoms with Gasteiger partial charge in [-0.2, -0.15) is 5.26 Å². The van der Waals surface area contributed by atoms with Gasteiger partial charge in [0.2, 0.25) is 0 Å². The van der Waals surface area contributed by atoms with Crippen LogP contribution in [0.1, 0.15) is 28.4 Å². The third kappa shape index (κ3) is 7.23. The molecule has 0 aliphatic rings. The van der Waals surface area contributed by atoms with Crippen molar-refractivity contribution < 1.29 is 23.8 Å². The number of anilines is 1. The number of nitrogens with zero attached hydrogens (tertiary/aromatic N) is 1. The van der Waals surface area contributed by atoms with E-state index in [4.69, 9.17) is 25.8 Å². The number of carbonyl (C=O) groups excluding carboxylic acids is 2. The minimum atomic E-state index is -0.586. The minimum absolute atomic E-state index is 0.102. The molecule has 0 saturated heterocycles. The van der Waals surface area contributed by atoms with Gasteiger partial charge in [0, 0.05) is 10.7 Å². The predicted octanol–water partition coefficient (Wildman–Crippen LogP) is 6.25. The summed E-state index contributed by atoms with van der Waals surface area (Å²) in [6.07, 6.45) is 1.47. The van der Waals surface area contributed by atoms with Crippen LogP contribution in [0.15, 0.2) is 66.2 Å². The lowest BCUT2D eigenvalue weighted by atomic mass is 10.1. The number of benzene rings is 3. The minimum Gasteiger partial charge on any atom is -0.493 e. The molecule has 7 nitrogen and oxygen atoms in total. The lowest BCUT2D eigenvalue weighted by Gasteiger charge is -2.14. The molecule has 1 amide bonds. The molecular formula is C27H22ClIN2O5. The Hall–Kier alpha value is -3.55. The monoisotopic (exact) mass is 616 g/mol. The summed E-state index contributed by atoms with van der Waals surface area (Å²) in [5, 5.41) is 12.9. The molecule has 0 atom stereocenters. The number of rotatable bonds is 9. The SMILES string of the molecule is CCOC(=O)c1ccc(NC(=O)/C(C#N)=C/c2cc(I)c(OCc3cccc(Cl)c3)c(OC)c2)cc1. The molecule has 0 radical (unpaired) electrons. The Balaban J connectivity index is 1.76. The Labute approximate surface area is 227 Å². The van der Waals surface area contributed by atoms with Gasteiger partial charge in [-0.3, -0.25) is 4.79 Å². The number of nitrogens with one attached hydrogen (secondary N) is 1. The molecule has 3 aromatic carbocycles. The van der Waals surface area contributed by atoms with Crippen LogP contribution >= 0.6 is 34.2 Å². The van der Waals surface area contributed by atoms with Gasteiger partial charge in [0.05, 0.1) is 22.9 Å². The fourth-order valence-electron chi connectivity index (χ4n) is 3.16. The molecule has 0 aliphatic heterocycles. The topological polar surface area (TPSA) is 97.7 Å². The second-order valence-corrected chi connectivity index (χ2v) is 8.97. The van der Waals surface area contributed by atoms with Crippen molar-refractivity contribution in [3.8, 4) is 17.6 Å². The first-order valence-electron chi connectivity index (χ1n) is 10.8. The third-order valence-corrected chi connectivity index (χ3v) is 5.89. The highest BCUT2D eigenvalue weighted by Gasteiger charge is 2.15. The van der Waals surface area contributed by atoms with Gasteiger partial charge in [-0.15, -0.1) is 0 Å². The Bertz CT molecular complexity index is 1330. The number of carbonyl (C=O) groups is 2. The maximum atomic E-state index is 12.7. The van der Waals surface area contributed by atoms with Crippen molar-refractivity contribution >= 4 is 57.8 Å². The smallest absolute Gasteiger partial charge is 0.338 e. The first-order valence-corrected chi connectivity index (χ1v) is 12.2. The van der Waals surface area contributed by atoms with Crippen LogP contribution in [0.2, 0.25) is 5.02 Å². The maximum Gasteiger partial charge on any atom is 0.338 e. The van der Waals surface area contributed by atoms with Gasteiger partial charge in [0.1, 0.15) is 18.2 Å². The second-order valence-electron chi connectivity index (χ2n) is 7.37. The molecule has 0 saturated carbocycles. The third-order valence-electron chi connectivity index (χ3n) is 4.85. The van der Waals surface area contributed by atoms with Gasteiger partial charge in [0.15, 0.2) is 11.5 Å². The number of hydrogen-bond acceptors (Lipinski definition) is 6. The zero-order valence-corrected chi connectivity index (χ0v) is 22.4. The predicted molar refractivity (Wildman–Crippen MR) is 146 cm³/mol. The van der Waals surface area contributed by atoms with Crippen LogP contribution in [-0.4, -0.2) is 25.6 Å². The molecule has 0 bridgehead atoms. The first kappa shape index (κ1) is 27.0. The van der Waals surface area contributed by atoms with Crippen molar-refractivity contribution in [2.45, 2.75) is 13.5 Å². The molecule has 36 heavy (non-hydrogen) atoms. The summed E-state index contributed by atoms with van der Waals surface area (Å²) in [6.45, 7) is 2.29. The summed E-state index contributed by atoms with van der Waals surface area (Å²) in [5.74, 6) is -0.0320. The number of amides is 1. The molecule has 0 unspecified atom stereocenters. The van der Waals surface area contributed by atoms with E-state index in [9.17, 15) is 14.9 Å². The maximum absolute atomic E-state index is 12.7. The van der Waals surface area contributed by atoms with E-state index < -0.39 is 11.9 Å². The summed E-state index contributed by atoms with van der Waals surface area (Å²) >= 11 is 8.15. The highest BCUT2D eigenvalue weighted by Crippen LogP contribution is 2.35. The summed E-state index contributed by atoms with van der Waals surface area (Å²) in [6, 6.07) is 19.0. The first-order chi connectivity index (χ1) is 17.3. The molecule has 3 rings (SSSR count). The number of methoxy groups -OCH3 is 1. The normalized spacial score (nSPS) is 10.8. The molecule has 0 aliphatic carbocycles. The largest absolute Gasteiger partial charge is 0.493 e. The van der Waals surface area contributed by atoms with E-state index in [-0.39, 0.29) is 12.2 Å². The Morgan fingerprint density at radius 1 is 1.14 bits per heavy atom. The summed E-state index contributed by atoms with van der Waals surface area (Å²) in [4.78, 5) is 24.5. The highest BCUT2D eigenvalue weighted by atomic mass is 127. The van der Waals surface area contributed by atoms with E-state index in [1.165, 1.54) is 13.2 Å². The average Bonchev–Trinajstić information content (AvgIpc) is 2.86. The van der Waals surface area contributed by atoms with Crippen LogP contribution in [0.4, 0.5) is 5.69 Å². The standard InChI is InChI=1S/C27H22ClIN2O5/c1-3-35-27(33)19-7-9-22(10-8-19)31-26(32)20(15-30)11-18-13-23(29)25(24(14-18)34-2)36-16-17-5-4-6-21(28)12-17/h4-14H,3,16H2,1-2H3,(H,31,32)/b20-11+. The fourth-order valence-corrected chi connectivity index (χ4v) is 4.16. The van der Waals surface area contributed by atoms with Gasteiger partial charge >= 0.3 is 5.97 Å². The Morgan fingerprint density at radius 3 is 2.53 bits per heavy atom. The quantitative estimate of drug-likeness (QED) is 0.132. The van der Waals surface area contributed by atoms with E-state index in [1.54, 1.807) is 49.4 Å². The van der Waals surface area contributed by atoms with Gasteiger partial charge in [-0.25, -0.2) is 4.79 Å². The van der Waals surface area contributed by atoms with Crippen molar-refractivity contribution in [1.29, 1.82) is 5.26 Å². The van der Waals surface area contributed by atoms with Gasteiger partial charge < -0.3 is 19.5 Å². The molecule has 184 valence electrons. The number of esters is 1. The number of nitriles is 1. The summed E-state index contributed by atoms with van der Waals surface area (Å²) < 4.78 is 17.1. The number of halogens is 2. The molecular weight excluding hydrogens is 595 g/mol. The molecule has 9 heteroatoms. The molecule has 3 aromatic rings. The zero-order chi connectivity index (χ0) is 26.1. The van der Waals surface area contributed by atoms with E-state index in [0.717, 1.165) is 9.13 Å². The molecule has 0 aromatic heterocycles. The van der Waals surface area contributed by atoms with Crippen LogP contribution < -0.4 is 14.8 Å². The van der Waals surface area contributed by atoms with Gasteiger partial charge in [0.25, 0.3) is 5.91 Å². The van der Waals surface area contributed by atoms with Crippen molar-refractivity contribution in [3.63, 3.8) is 0 Å². The van der Waals surface area contributed by atoms with Crippen molar-refractivity contribution in [2.24, 2.45) is 0 Å². The van der Waals surface area contributed by atoms with Crippen molar-refractivity contribution in [1.82, 2.24) is 0 Å². The van der Waals surface area contributed by atoms with Gasteiger partial charge in [-0.1, -0.05) is 23.7 Å². The van der Waals surface area contributed by atoms with Crippen LogP contribution in [0.3, 0.4) is 0 Å². The van der Waals surface area contributed by atoms with E-state index in [1.807, 2.05) is 24.3 Å². The summed E-state index contributed by atoms with van der Waals surface area (Å²) in [5.41, 5.74) is 2.20. The molecule has 0 heterocycles. The lowest BCUT2D eigenvalue weighted by molar-refractivity contribution is -0.112. The Morgan fingerprint density at radius 2 is 1.89 bits per heavy atom. The fraction of sp³-hybridized carbons (Fsp3) is 0.148.